The Morgan fingerprint density at radius 2 is 2.46 bits per heavy atom. The second-order valence-electron chi connectivity index (χ2n) is 3.03. The third-order valence-corrected chi connectivity index (χ3v) is 2.02. The average molecular weight is 201 g/mol. The van der Waals surface area contributed by atoms with Crippen molar-refractivity contribution in [3.63, 3.8) is 0 Å². The summed E-state index contributed by atoms with van der Waals surface area (Å²) >= 11 is 5.48. The largest absolute Gasteiger partial charge is 0.299 e. The minimum absolute atomic E-state index is 0.230. The number of Topliss-reactive ketones (excluding diaryl/α,β-unsaturated/α-hetero) is 1. The van der Waals surface area contributed by atoms with Crippen molar-refractivity contribution in [2.45, 2.75) is 19.3 Å². The van der Waals surface area contributed by atoms with Gasteiger partial charge in [-0.05, 0) is 12.0 Å². The Hall–Kier alpha value is -0.830. The number of hydrogen-bond acceptors (Lipinski definition) is 2. The molecule has 0 aliphatic rings. The molecule has 0 amide bonds. The van der Waals surface area contributed by atoms with E-state index in [1.807, 2.05) is 13.2 Å². The number of nitrogens with zero attached hydrogens (tertiary/aromatic N) is 2. The smallest absolute Gasteiger partial charge is 0.137 e. The van der Waals surface area contributed by atoms with Gasteiger partial charge in [-0.25, -0.2) is 0 Å². The lowest BCUT2D eigenvalue weighted by atomic mass is 10.1. The Morgan fingerprint density at radius 3 is 3.00 bits per heavy atom. The molecule has 72 valence electrons. The van der Waals surface area contributed by atoms with Crippen molar-refractivity contribution in [1.82, 2.24) is 9.78 Å². The second-order valence-corrected chi connectivity index (χ2v) is 3.41. The number of alkyl halides is 1. The van der Waals surface area contributed by atoms with Crippen molar-refractivity contribution >= 4 is 17.4 Å². The fourth-order valence-electron chi connectivity index (χ4n) is 1.14. The van der Waals surface area contributed by atoms with Gasteiger partial charge in [0, 0.05) is 32.0 Å². The first-order valence-corrected chi connectivity index (χ1v) is 4.81. The van der Waals surface area contributed by atoms with E-state index in [9.17, 15) is 4.79 Å². The molecular weight excluding hydrogens is 188 g/mol. The first-order chi connectivity index (χ1) is 6.22. The molecule has 3 nitrogen and oxygen atoms in total. The molecule has 0 unspecified atom stereocenters. The predicted molar refractivity (Wildman–Crippen MR) is 51.9 cm³/mol. The zero-order valence-electron chi connectivity index (χ0n) is 7.66. The van der Waals surface area contributed by atoms with Crippen LogP contribution in [0, 0.1) is 0 Å². The average Bonchev–Trinajstić information content (AvgIpc) is 2.48. The number of carbonyl (C=O) groups excluding carboxylic acids is 1. The molecular formula is C9H13ClN2O. The van der Waals surface area contributed by atoms with Crippen molar-refractivity contribution < 1.29 is 4.79 Å². The topological polar surface area (TPSA) is 34.9 Å². The Kier molecular flexibility index (Phi) is 3.96. The minimum Gasteiger partial charge on any atom is -0.299 e. The van der Waals surface area contributed by atoms with Crippen LogP contribution in [0.25, 0.3) is 0 Å². The molecule has 0 spiro atoms. The monoisotopic (exact) mass is 200 g/mol. The van der Waals surface area contributed by atoms with E-state index in [1.54, 1.807) is 10.9 Å². The van der Waals surface area contributed by atoms with Crippen molar-refractivity contribution in [2.75, 3.05) is 5.88 Å². The maximum atomic E-state index is 11.3. The van der Waals surface area contributed by atoms with E-state index < -0.39 is 0 Å². The van der Waals surface area contributed by atoms with E-state index in [4.69, 9.17) is 11.6 Å². The lowest BCUT2D eigenvalue weighted by molar-refractivity contribution is -0.118. The first kappa shape index (κ1) is 10.3. The van der Waals surface area contributed by atoms with Crippen molar-refractivity contribution in [1.29, 1.82) is 0 Å². The SMILES string of the molecule is Cn1cc(CC(=O)CCCCl)cn1. The molecule has 0 aliphatic carbocycles. The molecule has 0 aromatic carbocycles. The highest BCUT2D eigenvalue weighted by Gasteiger charge is 2.04. The quantitative estimate of drug-likeness (QED) is 0.676. The van der Waals surface area contributed by atoms with Gasteiger partial charge in [0.25, 0.3) is 0 Å². The molecule has 13 heavy (non-hydrogen) atoms. The number of aromatic nitrogens is 2. The zero-order valence-corrected chi connectivity index (χ0v) is 8.42. The maximum absolute atomic E-state index is 11.3. The summed E-state index contributed by atoms with van der Waals surface area (Å²) in [7, 11) is 1.84. The molecule has 1 heterocycles. The van der Waals surface area contributed by atoms with Gasteiger partial charge in [-0.2, -0.15) is 5.10 Å². The third-order valence-electron chi connectivity index (χ3n) is 1.75. The van der Waals surface area contributed by atoms with E-state index in [0.717, 1.165) is 12.0 Å². The van der Waals surface area contributed by atoms with Crippen LogP contribution in [0.4, 0.5) is 0 Å². The van der Waals surface area contributed by atoms with E-state index in [-0.39, 0.29) is 5.78 Å². The standard InChI is InChI=1S/C9H13ClN2O/c1-12-7-8(6-11-12)5-9(13)3-2-4-10/h6-7H,2-5H2,1H3. The van der Waals surface area contributed by atoms with Crippen LogP contribution in [0.5, 0.6) is 0 Å². The molecule has 0 saturated heterocycles. The second kappa shape index (κ2) is 5.02. The van der Waals surface area contributed by atoms with Crippen LogP contribution in [-0.2, 0) is 18.3 Å². The summed E-state index contributed by atoms with van der Waals surface area (Å²) in [6.07, 6.45) is 5.39. The van der Waals surface area contributed by atoms with Crippen LogP contribution >= 0.6 is 11.6 Å². The summed E-state index contributed by atoms with van der Waals surface area (Å²) < 4.78 is 1.70. The molecule has 0 atom stereocenters. The molecule has 0 aliphatic heterocycles. The van der Waals surface area contributed by atoms with E-state index >= 15 is 0 Å². The van der Waals surface area contributed by atoms with Crippen LogP contribution in [0.15, 0.2) is 12.4 Å². The predicted octanol–water partition coefficient (Wildman–Crippen LogP) is 1.55. The summed E-state index contributed by atoms with van der Waals surface area (Å²) in [5.41, 5.74) is 0.974. The number of carbonyl (C=O) groups is 1. The van der Waals surface area contributed by atoms with Crippen LogP contribution < -0.4 is 0 Å². The van der Waals surface area contributed by atoms with Gasteiger partial charge >= 0.3 is 0 Å². The Balaban J connectivity index is 2.36. The number of ketones is 1. The fraction of sp³-hybridized carbons (Fsp3) is 0.556. The number of rotatable bonds is 5. The summed E-state index contributed by atoms with van der Waals surface area (Å²) in [6.45, 7) is 0. The molecule has 0 saturated carbocycles. The van der Waals surface area contributed by atoms with Gasteiger partial charge in [0.1, 0.15) is 5.78 Å². The van der Waals surface area contributed by atoms with Crippen LogP contribution in [0.2, 0.25) is 0 Å². The van der Waals surface area contributed by atoms with E-state index in [1.165, 1.54) is 0 Å². The highest BCUT2D eigenvalue weighted by molar-refractivity contribution is 6.17. The third kappa shape index (κ3) is 3.59. The molecule has 0 N–H and O–H groups in total. The van der Waals surface area contributed by atoms with Gasteiger partial charge < -0.3 is 0 Å². The van der Waals surface area contributed by atoms with Gasteiger partial charge in [-0.3, -0.25) is 9.48 Å². The minimum atomic E-state index is 0.230. The zero-order chi connectivity index (χ0) is 9.68. The molecule has 4 heteroatoms. The summed E-state index contributed by atoms with van der Waals surface area (Å²) in [5, 5.41) is 3.99. The lowest BCUT2D eigenvalue weighted by Crippen LogP contribution is -2.01. The molecule has 1 rings (SSSR count). The van der Waals surface area contributed by atoms with E-state index in [0.29, 0.717) is 18.7 Å². The Morgan fingerprint density at radius 1 is 1.69 bits per heavy atom. The van der Waals surface area contributed by atoms with Gasteiger partial charge in [0.05, 0.1) is 6.20 Å². The van der Waals surface area contributed by atoms with Crippen LogP contribution in [0.1, 0.15) is 18.4 Å². The lowest BCUT2D eigenvalue weighted by Gasteiger charge is -1.95. The number of halogens is 1. The summed E-state index contributed by atoms with van der Waals surface area (Å²) in [5.74, 6) is 0.785. The Bertz CT molecular complexity index is 283. The van der Waals surface area contributed by atoms with Gasteiger partial charge in [0.15, 0.2) is 0 Å². The number of aryl methyl sites for hydroxylation is 1. The molecule has 0 radical (unpaired) electrons. The first-order valence-electron chi connectivity index (χ1n) is 4.27. The van der Waals surface area contributed by atoms with Gasteiger partial charge in [0.2, 0.25) is 0 Å². The van der Waals surface area contributed by atoms with Crippen molar-refractivity contribution in [3.8, 4) is 0 Å². The molecule has 0 fully saturated rings. The van der Waals surface area contributed by atoms with Crippen LogP contribution in [-0.4, -0.2) is 21.4 Å². The molecule has 1 aromatic rings. The van der Waals surface area contributed by atoms with Gasteiger partial charge in [-0.15, -0.1) is 11.6 Å². The van der Waals surface area contributed by atoms with Crippen molar-refractivity contribution in [3.05, 3.63) is 18.0 Å². The molecule has 0 bridgehead atoms. The van der Waals surface area contributed by atoms with Crippen molar-refractivity contribution in [2.24, 2.45) is 7.05 Å². The fourth-order valence-corrected chi connectivity index (χ4v) is 1.28. The highest BCUT2D eigenvalue weighted by atomic mass is 35.5. The van der Waals surface area contributed by atoms with E-state index in [2.05, 4.69) is 5.10 Å². The highest BCUT2D eigenvalue weighted by Crippen LogP contribution is 2.02. The number of hydrogen-bond donors (Lipinski definition) is 0. The summed E-state index contributed by atoms with van der Waals surface area (Å²) in [4.78, 5) is 11.3. The Labute approximate surface area is 82.7 Å². The summed E-state index contributed by atoms with van der Waals surface area (Å²) in [6, 6.07) is 0. The normalized spacial score (nSPS) is 10.3. The maximum Gasteiger partial charge on any atom is 0.137 e. The molecule has 1 aromatic heterocycles. The van der Waals surface area contributed by atoms with Gasteiger partial charge in [-0.1, -0.05) is 0 Å². The van der Waals surface area contributed by atoms with Crippen LogP contribution in [0.3, 0.4) is 0 Å².